The summed E-state index contributed by atoms with van der Waals surface area (Å²) in [4.78, 5) is 4.33. The van der Waals surface area contributed by atoms with Gasteiger partial charge in [-0.15, -0.1) is 0 Å². The number of nitrogens with zero attached hydrogens (tertiary/aromatic N) is 2. The average Bonchev–Trinajstić information content (AvgIpc) is 2.65. The molecule has 0 aromatic carbocycles. The largest absolute Gasteiger partial charge is 0.397 e. The van der Waals surface area contributed by atoms with Crippen LogP contribution in [0.3, 0.4) is 0 Å². The second-order valence-corrected chi connectivity index (χ2v) is 2.97. The predicted molar refractivity (Wildman–Crippen MR) is 51.5 cm³/mol. The Labute approximate surface area is 95.8 Å². The van der Waals surface area contributed by atoms with Gasteiger partial charge in [0.05, 0.1) is 0 Å². The van der Waals surface area contributed by atoms with Crippen LogP contribution in [0.4, 0.5) is 0 Å². The van der Waals surface area contributed by atoms with Crippen LogP contribution in [0.5, 0.6) is 0 Å². The van der Waals surface area contributed by atoms with Gasteiger partial charge in [-0.2, -0.15) is 12.1 Å². The number of hydrogen-bond donors (Lipinski definition) is 0. The first-order chi connectivity index (χ1) is 6.45. The molecule has 0 spiro atoms. The van der Waals surface area contributed by atoms with E-state index in [9.17, 15) is 0 Å². The maximum absolute atomic E-state index is 4.33. The second kappa shape index (κ2) is 3.55. The van der Waals surface area contributed by atoms with Gasteiger partial charge in [-0.1, -0.05) is 23.2 Å². The number of fused-ring (bicyclic) bond motifs is 3. The number of aromatic nitrogens is 2. The van der Waals surface area contributed by atoms with Crippen molar-refractivity contribution in [3.8, 4) is 0 Å². The number of pyridine rings is 2. The van der Waals surface area contributed by atoms with Crippen molar-refractivity contribution < 1.29 is 21.1 Å². The minimum absolute atomic E-state index is 0. The molecule has 0 bridgehead atoms. The molecule has 0 N–H and O–H groups in total. The van der Waals surface area contributed by atoms with Crippen molar-refractivity contribution in [1.82, 2.24) is 9.38 Å². The molecule has 14 heavy (non-hydrogen) atoms. The minimum atomic E-state index is 0. The van der Waals surface area contributed by atoms with Crippen LogP contribution in [0, 0.1) is 6.07 Å². The number of rotatable bonds is 0. The monoisotopic (exact) mass is 362 g/mol. The molecule has 0 unspecified atom stereocenters. The molecule has 3 aromatic heterocycles. The maximum Gasteiger partial charge on any atom is 0.0125 e. The van der Waals surface area contributed by atoms with E-state index in [0.717, 1.165) is 16.4 Å². The van der Waals surface area contributed by atoms with Gasteiger partial charge >= 0.3 is 0 Å². The Bertz CT molecular complexity index is 571. The molecule has 72 valence electrons. The quantitative estimate of drug-likeness (QED) is 0.561. The molecule has 0 aliphatic rings. The topological polar surface area (TPSA) is 17.3 Å². The van der Waals surface area contributed by atoms with E-state index in [2.05, 4.69) is 23.2 Å². The molecule has 0 fully saturated rings. The Morgan fingerprint density at radius 1 is 1.21 bits per heavy atom. The van der Waals surface area contributed by atoms with Gasteiger partial charge in [-0.05, 0) is 23.8 Å². The van der Waals surface area contributed by atoms with E-state index < -0.39 is 0 Å². The van der Waals surface area contributed by atoms with Gasteiger partial charge < -0.3 is 9.38 Å². The van der Waals surface area contributed by atoms with Gasteiger partial charge in [0.25, 0.3) is 0 Å². The van der Waals surface area contributed by atoms with E-state index in [1.165, 1.54) is 0 Å². The van der Waals surface area contributed by atoms with Crippen LogP contribution >= 0.6 is 0 Å². The van der Waals surface area contributed by atoms with Gasteiger partial charge in [-0.25, -0.2) is 0 Å². The summed E-state index contributed by atoms with van der Waals surface area (Å²) in [6.07, 6.45) is 5.81. The molecule has 0 aliphatic heterocycles. The third-order valence-electron chi connectivity index (χ3n) is 2.19. The zero-order valence-electron chi connectivity index (χ0n) is 7.25. The average molecular weight is 362 g/mol. The molecule has 3 heteroatoms. The Morgan fingerprint density at radius 3 is 3.07 bits per heavy atom. The summed E-state index contributed by atoms with van der Waals surface area (Å²) in [6.45, 7) is 0. The van der Waals surface area contributed by atoms with Crippen molar-refractivity contribution in [2.45, 2.75) is 0 Å². The summed E-state index contributed by atoms with van der Waals surface area (Å²) >= 11 is 0. The van der Waals surface area contributed by atoms with Gasteiger partial charge in [-0.3, -0.25) is 0 Å². The number of hydrogen-bond acceptors (Lipinski definition) is 1. The first-order valence-corrected chi connectivity index (χ1v) is 4.17. The molecule has 0 atom stereocenters. The zero-order chi connectivity index (χ0) is 8.67. The fourth-order valence-corrected chi connectivity index (χ4v) is 1.57. The molecule has 0 radical (unpaired) electrons. The van der Waals surface area contributed by atoms with Gasteiger partial charge in [0.2, 0.25) is 0 Å². The Morgan fingerprint density at radius 2 is 2.14 bits per heavy atom. The molecule has 3 rings (SSSR count). The summed E-state index contributed by atoms with van der Waals surface area (Å²) in [5.41, 5.74) is 2.05. The fourth-order valence-electron chi connectivity index (χ4n) is 1.57. The van der Waals surface area contributed by atoms with Crippen molar-refractivity contribution in [2.75, 3.05) is 0 Å². The summed E-state index contributed by atoms with van der Waals surface area (Å²) in [6, 6.07) is 11.1. The summed E-state index contributed by atoms with van der Waals surface area (Å²) in [7, 11) is 0. The molecule has 0 saturated carbocycles. The van der Waals surface area contributed by atoms with Crippen LogP contribution < -0.4 is 0 Å². The molecular formula is C11H7N2Pt-. The molecule has 0 saturated heterocycles. The summed E-state index contributed by atoms with van der Waals surface area (Å²) in [5.74, 6) is 0. The molecule has 3 heterocycles. The summed E-state index contributed by atoms with van der Waals surface area (Å²) < 4.78 is 2.02. The van der Waals surface area contributed by atoms with E-state index in [0.29, 0.717) is 0 Å². The van der Waals surface area contributed by atoms with Crippen LogP contribution in [0.15, 0.2) is 42.9 Å². The summed E-state index contributed by atoms with van der Waals surface area (Å²) in [5, 5.41) is 1.16. The van der Waals surface area contributed by atoms with Crippen molar-refractivity contribution in [2.24, 2.45) is 0 Å². The third kappa shape index (κ3) is 1.27. The molecule has 0 amide bonds. The van der Waals surface area contributed by atoms with Crippen LogP contribution in [0.25, 0.3) is 16.4 Å². The van der Waals surface area contributed by atoms with E-state index in [1.54, 1.807) is 0 Å². The van der Waals surface area contributed by atoms with Gasteiger partial charge in [0.15, 0.2) is 0 Å². The fraction of sp³-hybridized carbons (Fsp3) is 0. The van der Waals surface area contributed by atoms with Gasteiger partial charge in [0, 0.05) is 27.3 Å². The third-order valence-corrected chi connectivity index (χ3v) is 2.19. The smallest absolute Gasteiger partial charge is 0.0125 e. The van der Waals surface area contributed by atoms with E-state index in [1.807, 2.05) is 35.1 Å². The van der Waals surface area contributed by atoms with Gasteiger partial charge in [0.1, 0.15) is 0 Å². The van der Waals surface area contributed by atoms with Crippen LogP contribution in [-0.4, -0.2) is 9.38 Å². The SMILES string of the molecule is [Pt].[c-]1ccn2ccc3cccnc3c12. The molecule has 0 aliphatic carbocycles. The Kier molecular flexibility index (Phi) is 2.38. The van der Waals surface area contributed by atoms with E-state index >= 15 is 0 Å². The predicted octanol–water partition coefficient (Wildman–Crippen LogP) is 2.29. The van der Waals surface area contributed by atoms with E-state index in [4.69, 9.17) is 0 Å². The van der Waals surface area contributed by atoms with Crippen molar-refractivity contribution >= 4 is 16.4 Å². The van der Waals surface area contributed by atoms with Crippen LogP contribution in [0.1, 0.15) is 0 Å². The van der Waals surface area contributed by atoms with Crippen molar-refractivity contribution in [3.63, 3.8) is 0 Å². The minimum Gasteiger partial charge on any atom is -0.397 e. The maximum atomic E-state index is 4.33. The molecular weight excluding hydrogens is 355 g/mol. The van der Waals surface area contributed by atoms with Crippen molar-refractivity contribution in [1.29, 1.82) is 0 Å². The standard InChI is InChI=1S/C11H7N2.Pt/c1-3-9-5-8-13-7-2-4-10(13)11(9)12-6-1;/h1-3,5-8H;/q-1;. The zero-order valence-corrected chi connectivity index (χ0v) is 9.52. The first-order valence-electron chi connectivity index (χ1n) is 4.17. The second-order valence-electron chi connectivity index (χ2n) is 2.97. The normalized spacial score (nSPS) is 10.3. The first kappa shape index (κ1) is 9.41. The molecule has 2 nitrogen and oxygen atoms in total. The van der Waals surface area contributed by atoms with Crippen LogP contribution in [0.2, 0.25) is 0 Å². The van der Waals surface area contributed by atoms with Crippen molar-refractivity contribution in [3.05, 3.63) is 48.9 Å². The molecule has 3 aromatic rings. The van der Waals surface area contributed by atoms with Crippen LogP contribution in [-0.2, 0) is 21.1 Å². The Balaban J connectivity index is 0.000000750. The van der Waals surface area contributed by atoms with E-state index in [-0.39, 0.29) is 21.1 Å². The Hall–Kier alpha value is -1.14.